The lowest BCUT2D eigenvalue weighted by Crippen LogP contribution is -2.31. The van der Waals surface area contributed by atoms with Gasteiger partial charge in [0.2, 0.25) is 0 Å². The van der Waals surface area contributed by atoms with Crippen molar-refractivity contribution in [2.24, 2.45) is 0 Å². The van der Waals surface area contributed by atoms with Crippen molar-refractivity contribution >= 4 is 33.4 Å². The fraction of sp³-hybridized carbons (Fsp3) is 0.300. The summed E-state index contributed by atoms with van der Waals surface area (Å²) in [5, 5.41) is 2.85. The van der Waals surface area contributed by atoms with Gasteiger partial charge in [-0.3, -0.25) is 14.4 Å². The number of thiophene rings is 1. The largest absolute Gasteiger partial charge is 0.453 e. The van der Waals surface area contributed by atoms with Gasteiger partial charge in [-0.05, 0) is 44.5 Å². The van der Waals surface area contributed by atoms with E-state index in [1.165, 1.54) is 29.5 Å². The van der Waals surface area contributed by atoms with E-state index < -0.39 is 31.1 Å². The molecule has 0 aliphatic heterocycles. The number of aromatic nitrogens is 2. The lowest BCUT2D eigenvalue weighted by atomic mass is 10.2. The van der Waals surface area contributed by atoms with Gasteiger partial charge in [0.15, 0.2) is 11.9 Å². The van der Waals surface area contributed by atoms with Crippen LogP contribution in [0, 0.1) is 13.8 Å². The molecule has 2 aromatic heterocycles. The number of halogens is 2. The maximum absolute atomic E-state index is 12.3. The Hall–Kier alpha value is -3.34. The molecule has 3 aromatic rings. The van der Waals surface area contributed by atoms with Crippen LogP contribution in [0.5, 0.6) is 5.75 Å². The van der Waals surface area contributed by atoms with E-state index in [9.17, 15) is 23.2 Å². The Morgan fingerprint density at radius 1 is 1.29 bits per heavy atom. The number of amides is 1. The number of aromatic amines is 1. The zero-order valence-corrected chi connectivity index (χ0v) is 17.6. The van der Waals surface area contributed by atoms with Crippen LogP contribution < -0.4 is 15.6 Å². The third kappa shape index (κ3) is 5.23. The minimum atomic E-state index is -3.02. The van der Waals surface area contributed by atoms with Gasteiger partial charge < -0.3 is 19.8 Å². The quantitative estimate of drug-likeness (QED) is 0.534. The number of nitrogens with one attached hydrogen (secondary N) is 2. The molecule has 0 aliphatic rings. The maximum Gasteiger partial charge on any atom is 0.387 e. The Labute approximate surface area is 179 Å². The normalized spacial score (nSPS) is 12.1. The third-order valence-electron chi connectivity index (χ3n) is 4.47. The van der Waals surface area contributed by atoms with Crippen molar-refractivity contribution in [2.75, 3.05) is 6.54 Å². The van der Waals surface area contributed by atoms with E-state index in [2.05, 4.69) is 20.0 Å². The molecule has 0 spiro atoms. The third-order valence-corrected chi connectivity index (χ3v) is 5.57. The highest BCUT2D eigenvalue weighted by atomic mass is 32.1. The molecule has 8 nitrogen and oxygen atoms in total. The highest BCUT2D eigenvalue weighted by Gasteiger charge is 2.19. The molecule has 0 unspecified atom stereocenters. The van der Waals surface area contributed by atoms with E-state index in [0.29, 0.717) is 10.2 Å². The summed E-state index contributed by atoms with van der Waals surface area (Å²) in [6.45, 7) is 1.79. The monoisotopic (exact) mass is 451 g/mol. The molecule has 0 aliphatic carbocycles. The fourth-order valence-corrected chi connectivity index (χ4v) is 3.86. The van der Waals surface area contributed by atoms with E-state index in [1.54, 1.807) is 6.92 Å². The number of esters is 1. The van der Waals surface area contributed by atoms with Crippen LogP contribution in [0.2, 0.25) is 0 Å². The average Bonchev–Trinajstić information content (AvgIpc) is 2.99. The van der Waals surface area contributed by atoms with E-state index in [4.69, 9.17) is 4.74 Å². The van der Waals surface area contributed by atoms with E-state index in [1.807, 2.05) is 13.8 Å². The zero-order valence-electron chi connectivity index (χ0n) is 16.8. The number of H-pyrrole nitrogens is 1. The molecular formula is C20H19F2N3O5S. The molecule has 1 aromatic carbocycles. The molecule has 0 radical (unpaired) electrons. The second-order valence-corrected chi connectivity index (χ2v) is 7.84. The number of alkyl halides is 2. The first kappa shape index (κ1) is 22.3. The predicted molar refractivity (Wildman–Crippen MR) is 110 cm³/mol. The van der Waals surface area contributed by atoms with Crippen molar-refractivity contribution in [3.8, 4) is 5.75 Å². The van der Waals surface area contributed by atoms with Crippen molar-refractivity contribution < 1.29 is 27.8 Å². The molecule has 164 valence electrons. The Morgan fingerprint density at radius 3 is 2.74 bits per heavy atom. The molecule has 0 saturated carbocycles. The number of carbonyl (C=O) groups excluding carboxylic acids is 2. The van der Waals surface area contributed by atoms with Gasteiger partial charge in [0.1, 0.15) is 17.1 Å². The molecule has 0 fully saturated rings. The van der Waals surface area contributed by atoms with Crippen LogP contribution in [0.25, 0.3) is 10.2 Å². The molecule has 31 heavy (non-hydrogen) atoms. The minimum Gasteiger partial charge on any atom is -0.453 e. The first-order valence-electron chi connectivity index (χ1n) is 9.18. The SMILES string of the molecule is Cc1sc2nc([C@@H](C)OC(=O)CNC(=O)c3cccc(OC(F)F)c3)[nH]c(=O)c2c1C. The smallest absolute Gasteiger partial charge is 0.387 e. The lowest BCUT2D eigenvalue weighted by molar-refractivity contribution is -0.147. The number of nitrogens with zero attached hydrogens (tertiary/aromatic N) is 1. The summed E-state index contributed by atoms with van der Waals surface area (Å²) in [6, 6.07) is 5.17. The summed E-state index contributed by atoms with van der Waals surface area (Å²) in [5.41, 5.74) is 0.582. The van der Waals surface area contributed by atoms with Crippen LogP contribution in [-0.2, 0) is 9.53 Å². The molecule has 1 atom stereocenters. The van der Waals surface area contributed by atoms with Gasteiger partial charge in [0.05, 0.1) is 5.39 Å². The molecule has 3 rings (SSSR count). The molecular weight excluding hydrogens is 432 g/mol. The summed E-state index contributed by atoms with van der Waals surface area (Å²) < 4.78 is 34.1. The molecule has 11 heteroatoms. The number of ether oxygens (including phenoxy) is 2. The Bertz CT molecular complexity index is 1190. The average molecular weight is 451 g/mol. The summed E-state index contributed by atoms with van der Waals surface area (Å²) in [7, 11) is 0. The number of carbonyl (C=O) groups is 2. The number of aryl methyl sites for hydroxylation is 2. The topological polar surface area (TPSA) is 110 Å². The van der Waals surface area contributed by atoms with Gasteiger partial charge in [-0.1, -0.05) is 6.07 Å². The van der Waals surface area contributed by atoms with Crippen LogP contribution in [0.15, 0.2) is 29.1 Å². The fourth-order valence-electron chi connectivity index (χ4n) is 2.83. The maximum atomic E-state index is 12.3. The summed E-state index contributed by atoms with van der Waals surface area (Å²) in [4.78, 5) is 45.1. The van der Waals surface area contributed by atoms with Crippen LogP contribution in [0.1, 0.15) is 39.7 Å². The number of hydrogen-bond acceptors (Lipinski definition) is 7. The highest BCUT2D eigenvalue weighted by molar-refractivity contribution is 7.18. The summed E-state index contributed by atoms with van der Waals surface area (Å²) >= 11 is 1.37. The van der Waals surface area contributed by atoms with E-state index >= 15 is 0 Å². The van der Waals surface area contributed by atoms with Crippen molar-refractivity contribution in [3.05, 3.63) is 56.4 Å². The molecule has 0 bridgehead atoms. The second kappa shape index (κ2) is 9.21. The van der Waals surface area contributed by atoms with Gasteiger partial charge in [0, 0.05) is 10.4 Å². The molecule has 2 heterocycles. The van der Waals surface area contributed by atoms with Crippen LogP contribution in [0.4, 0.5) is 8.78 Å². The molecule has 0 saturated heterocycles. The van der Waals surface area contributed by atoms with Crippen molar-refractivity contribution in [2.45, 2.75) is 33.5 Å². The van der Waals surface area contributed by atoms with Gasteiger partial charge >= 0.3 is 12.6 Å². The van der Waals surface area contributed by atoms with Crippen LogP contribution >= 0.6 is 11.3 Å². The number of benzene rings is 1. The van der Waals surface area contributed by atoms with Crippen molar-refractivity contribution in [1.82, 2.24) is 15.3 Å². The Kier molecular flexibility index (Phi) is 6.64. The first-order valence-corrected chi connectivity index (χ1v) is 9.99. The Balaban J connectivity index is 1.61. The molecule has 1 amide bonds. The zero-order chi connectivity index (χ0) is 22.7. The number of fused-ring (bicyclic) bond motifs is 1. The lowest BCUT2D eigenvalue weighted by Gasteiger charge is -2.13. The number of rotatable bonds is 7. The van der Waals surface area contributed by atoms with E-state index in [-0.39, 0.29) is 22.7 Å². The second-order valence-electron chi connectivity index (χ2n) is 6.64. The van der Waals surface area contributed by atoms with Crippen molar-refractivity contribution in [3.63, 3.8) is 0 Å². The van der Waals surface area contributed by atoms with Crippen molar-refractivity contribution in [1.29, 1.82) is 0 Å². The van der Waals surface area contributed by atoms with E-state index in [0.717, 1.165) is 16.5 Å². The minimum absolute atomic E-state index is 0.0406. The van der Waals surface area contributed by atoms with Gasteiger partial charge in [0.25, 0.3) is 11.5 Å². The standard InChI is InChI=1S/C20H19F2N3O5S/c1-9-11(3)31-19-15(9)18(28)24-16(25-19)10(2)29-14(26)8-23-17(27)12-5-4-6-13(7-12)30-20(21)22/h4-7,10,20H,8H2,1-3H3,(H,23,27)(H,24,25,28)/t10-/m1/s1. The van der Waals surface area contributed by atoms with Gasteiger partial charge in [-0.2, -0.15) is 8.78 Å². The van der Waals surface area contributed by atoms with Gasteiger partial charge in [-0.15, -0.1) is 11.3 Å². The first-order chi connectivity index (χ1) is 14.7. The highest BCUT2D eigenvalue weighted by Crippen LogP contribution is 2.26. The summed E-state index contributed by atoms with van der Waals surface area (Å²) in [5.74, 6) is -1.41. The predicted octanol–water partition coefficient (Wildman–Crippen LogP) is 3.24. The number of hydrogen-bond donors (Lipinski definition) is 2. The van der Waals surface area contributed by atoms with Crippen LogP contribution in [0.3, 0.4) is 0 Å². The van der Waals surface area contributed by atoms with Crippen LogP contribution in [-0.4, -0.2) is 35.0 Å². The Morgan fingerprint density at radius 2 is 2.03 bits per heavy atom. The van der Waals surface area contributed by atoms with Gasteiger partial charge in [-0.25, -0.2) is 4.98 Å². The molecule has 2 N–H and O–H groups in total. The summed E-state index contributed by atoms with van der Waals surface area (Å²) in [6.07, 6.45) is -0.855.